The van der Waals surface area contributed by atoms with E-state index in [0.717, 1.165) is 42.7 Å². The van der Waals surface area contributed by atoms with E-state index >= 15 is 0 Å². The van der Waals surface area contributed by atoms with Crippen LogP contribution in [0.2, 0.25) is 0 Å². The van der Waals surface area contributed by atoms with Crippen LogP contribution in [0.5, 0.6) is 5.75 Å². The minimum atomic E-state index is -6.87. The molecule has 220 valence electrons. The number of benzene rings is 2. The van der Waals surface area contributed by atoms with E-state index in [1.165, 1.54) is 6.92 Å². The molecule has 2 aromatic carbocycles. The Bertz CT molecular complexity index is 1330. The second-order valence-electron chi connectivity index (χ2n) is 6.29. The summed E-state index contributed by atoms with van der Waals surface area (Å²) >= 11 is 0. The topological polar surface area (TPSA) is 135 Å². The van der Waals surface area contributed by atoms with Crippen molar-refractivity contribution in [1.82, 2.24) is 0 Å². The van der Waals surface area contributed by atoms with Crippen LogP contribution in [-0.4, -0.2) is 47.4 Å². The maximum absolute atomic E-state index is 13.9. The molecule has 0 heterocycles. The van der Waals surface area contributed by atoms with Crippen LogP contribution >= 0.6 is 0 Å². The molecule has 0 N–H and O–H groups in total. The molecule has 0 radical (unpaired) electrons. The number of rotatable bonds is 7. The summed E-state index contributed by atoms with van der Waals surface area (Å²) in [6, 6.07) is 6.00. The Labute approximate surface area is 237 Å². The van der Waals surface area contributed by atoms with Crippen molar-refractivity contribution in [3.8, 4) is 5.75 Å². The van der Waals surface area contributed by atoms with E-state index in [0.29, 0.717) is 6.07 Å². The largest absolute Gasteiger partial charge is 1.00 e. The van der Waals surface area contributed by atoms with Gasteiger partial charge in [-0.2, -0.15) is 17.6 Å². The summed E-state index contributed by atoms with van der Waals surface area (Å²) in [6.45, 7) is 1.27. The van der Waals surface area contributed by atoms with Gasteiger partial charge in [0.2, 0.25) is 9.84 Å². The van der Waals surface area contributed by atoms with E-state index in [9.17, 15) is 47.4 Å². The molecule has 0 aliphatic heterocycles. The molecule has 0 fully saturated rings. The zero-order valence-corrected chi connectivity index (χ0v) is 19.0. The van der Waals surface area contributed by atoms with Gasteiger partial charge in [0.1, 0.15) is 10.6 Å². The second-order valence-corrected chi connectivity index (χ2v) is 11.6. The zero-order valence-electron chi connectivity index (χ0n) is 16.5. The van der Waals surface area contributed by atoms with Crippen LogP contribution in [0.3, 0.4) is 0 Å². The van der Waals surface area contributed by atoms with Gasteiger partial charge in [-0.3, -0.25) is 0 Å². The predicted octanol–water partition coefficient (Wildman–Crippen LogP) is 3.16. The summed E-state index contributed by atoms with van der Waals surface area (Å²) in [7, 11) is -15.3. The van der Waals surface area contributed by atoms with Crippen molar-refractivity contribution in [2.45, 2.75) is 77.5 Å². The van der Waals surface area contributed by atoms with Crippen LogP contribution in [0.25, 0.3) is 0 Å². The standard InChI is InChI=1S/C16H14F4O8S3.6CH4.Li/c1-10-3-8-14(13(9-10)28-15(17,18)16(19,20)31(25,26)27)30(23,24)12-6-4-11(5-7-12)29(2,21)22;;;;;;;/h3-9H,1-2H3,(H,25,26,27);6*1H4;/q;;;;;;;+1/p-1. The first-order valence-electron chi connectivity index (χ1n) is 7.86. The Kier molecular flexibility index (Phi) is 20.6. The minimum absolute atomic E-state index is 0. The molecule has 0 unspecified atom stereocenters. The van der Waals surface area contributed by atoms with Crippen molar-refractivity contribution in [3.05, 3.63) is 48.0 Å². The van der Waals surface area contributed by atoms with E-state index in [-0.39, 0.29) is 73.9 Å². The third-order valence-corrected chi connectivity index (χ3v) is 7.65. The normalized spacial score (nSPS) is 11.2. The van der Waals surface area contributed by atoms with E-state index in [4.69, 9.17) is 0 Å². The Morgan fingerprint density at radius 3 is 1.50 bits per heavy atom. The molecule has 0 spiro atoms. The molecule has 0 atom stereocenters. The molecular formula is C22H37F4LiO8S3. The SMILES string of the molecule is C.C.C.C.C.C.Cc1ccc(S(=O)(=O)c2ccc(S(C)(=O)=O)cc2)c(OC(F)(F)C(F)(F)S(=O)(=O)[O-])c1.[Li+]. The molecule has 0 aromatic heterocycles. The summed E-state index contributed by atoms with van der Waals surface area (Å²) in [5.74, 6) is -1.35. The van der Waals surface area contributed by atoms with Gasteiger partial charge in [-0.1, -0.05) is 50.6 Å². The quantitative estimate of drug-likeness (QED) is 0.266. The maximum atomic E-state index is 13.9. The fourth-order valence-corrected chi connectivity index (χ4v) is 4.58. The fraction of sp³-hybridized carbons (Fsp3) is 0.455. The van der Waals surface area contributed by atoms with Crippen LogP contribution in [-0.2, 0) is 29.8 Å². The molecular weight excluding hydrogens is 571 g/mol. The second kappa shape index (κ2) is 15.8. The van der Waals surface area contributed by atoms with Gasteiger partial charge in [0.05, 0.1) is 9.79 Å². The van der Waals surface area contributed by atoms with Gasteiger partial charge in [-0.15, -0.1) is 0 Å². The number of alkyl halides is 4. The van der Waals surface area contributed by atoms with Crippen LogP contribution in [0, 0.1) is 6.92 Å². The van der Waals surface area contributed by atoms with Gasteiger partial charge < -0.3 is 9.29 Å². The summed E-state index contributed by atoms with van der Waals surface area (Å²) in [6.07, 6.45) is -5.06. The number of hydrogen-bond acceptors (Lipinski definition) is 8. The third kappa shape index (κ3) is 9.84. The first-order valence-corrected chi connectivity index (χ1v) is 12.6. The van der Waals surface area contributed by atoms with Crippen molar-refractivity contribution < 1.29 is 71.0 Å². The number of hydrogen-bond donors (Lipinski definition) is 0. The first-order chi connectivity index (χ1) is 13.8. The first kappa shape index (κ1) is 49.3. The van der Waals surface area contributed by atoms with E-state index < -0.39 is 56.7 Å². The molecule has 0 amide bonds. The van der Waals surface area contributed by atoms with Gasteiger partial charge in [-0.05, 0) is 48.9 Å². The van der Waals surface area contributed by atoms with E-state index in [2.05, 4.69) is 4.74 Å². The average Bonchev–Trinajstić information content (AvgIpc) is 2.59. The molecule has 2 aromatic rings. The Hall–Kier alpha value is -1.63. The van der Waals surface area contributed by atoms with Crippen molar-refractivity contribution in [2.75, 3.05) is 6.26 Å². The van der Waals surface area contributed by atoms with Gasteiger partial charge in [-0.25, -0.2) is 25.3 Å². The molecule has 0 bridgehead atoms. The molecule has 8 nitrogen and oxygen atoms in total. The minimum Gasteiger partial charge on any atom is -0.743 e. The Balaban J connectivity index is -0.000000366. The number of aryl methyl sites for hydroxylation is 1. The van der Waals surface area contributed by atoms with Crippen molar-refractivity contribution in [2.24, 2.45) is 0 Å². The van der Waals surface area contributed by atoms with Crippen LogP contribution in [0.4, 0.5) is 17.6 Å². The summed E-state index contributed by atoms with van der Waals surface area (Å²) in [5, 5.41) is -6.21. The number of ether oxygens (including phenoxy) is 1. The van der Waals surface area contributed by atoms with Crippen LogP contribution in [0.1, 0.15) is 50.1 Å². The van der Waals surface area contributed by atoms with Crippen molar-refractivity contribution >= 4 is 29.8 Å². The predicted molar refractivity (Wildman–Crippen MR) is 137 cm³/mol. The monoisotopic (exact) mass is 608 g/mol. The molecule has 0 saturated heterocycles. The molecule has 38 heavy (non-hydrogen) atoms. The zero-order chi connectivity index (χ0) is 24.0. The van der Waals surface area contributed by atoms with Gasteiger partial charge in [0.15, 0.2) is 20.0 Å². The maximum Gasteiger partial charge on any atom is 1.00 e. The summed E-state index contributed by atoms with van der Waals surface area (Å²) < 4.78 is 139. The Morgan fingerprint density at radius 2 is 1.13 bits per heavy atom. The molecule has 16 heteroatoms. The Morgan fingerprint density at radius 1 is 0.737 bits per heavy atom. The van der Waals surface area contributed by atoms with Crippen LogP contribution in [0.15, 0.2) is 57.2 Å². The van der Waals surface area contributed by atoms with Crippen molar-refractivity contribution in [3.63, 3.8) is 0 Å². The molecule has 0 aliphatic carbocycles. The van der Waals surface area contributed by atoms with Gasteiger partial charge in [0.25, 0.3) is 0 Å². The summed E-state index contributed by atoms with van der Waals surface area (Å²) in [5.41, 5.74) is 0.0745. The molecule has 0 aliphatic rings. The average molecular weight is 609 g/mol. The number of sulfone groups is 2. The third-order valence-electron chi connectivity index (χ3n) is 3.84. The fourth-order valence-electron chi connectivity index (χ4n) is 2.25. The van der Waals surface area contributed by atoms with Crippen LogP contribution < -0.4 is 23.6 Å². The van der Waals surface area contributed by atoms with Gasteiger partial charge >= 0.3 is 30.2 Å². The molecule has 0 saturated carbocycles. The van der Waals surface area contributed by atoms with Crippen molar-refractivity contribution in [1.29, 1.82) is 0 Å². The number of halogens is 4. The van der Waals surface area contributed by atoms with Gasteiger partial charge in [0, 0.05) is 6.26 Å². The smallest absolute Gasteiger partial charge is 0.743 e. The molecule has 2 rings (SSSR count). The van der Waals surface area contributed by atoms with E-state index in [1.807, 2.05) is 0 Å². The van der Waals surface area contributed by atoms with E-state index in [1.54, 1.807) is 0 Å². The summed E-state index contributed by atoms with van der Waals surface area (Å²) in [4.78, 5) is -1.90.